The molecular formula is C11H8N2O2. The van der Waals surface area contributed by atoms with Gasteiger partial charge >= 0.3 is 6.09 Å². The van der Waals surface area contributed by atoms with Gasteiger partial charge in [-0.1, -0.05) is 12.1 Å². The number of pyridine rings is 1. The van der Waals surface area contributed by atoms with Crippen LogP contribution in [0.4, 0.5) is 4.79 Å². The van der Waals surface area contributed by atoms with Crippen molar-refractivity contribution in [1.82, 2.24) is 4.98 Å². The van der Waals surface area contributed by atoms with E-state index < -0.39 is 6.09 Å². The third-order valence-corrected chi connectivity index (χ3v) is 1.98. The highest BCUT2D eigenvalue weighted by molar-refractivity contribution is 5.89. The number of carbonyl (C=O) groups is 1. The lowest BCUT2D eigenvalue weighted by Crippen LogP contribution is -2.16. The Bertz CT molecular complexity index is 523. The van der Waals surface area contributed by atoms with Crippen LogP contribution >= 0.6 is 0 Å². The molecule has 0 unspecified atom stereocenters. The van der Waals surface area contributed by atoms with E-state index in [2.05, 4.69) is 4.98 Å². The van der Waals surface area contributed by atoms with Crippen LogP contribution in [0.5, 0.6) is 5.75 Å². The highest BCUT2D eigenvalue weighted by atomic mass is 16.5. The smallest absolute Gasteiger partial charge is 0.408 e. The summed E-state index contributed by atoms with van der Waals surface area (Å²) in [7, 11) is 0. The van der Waals surface area contributed by atoms with E-state index >= 15 is 0 Å². The van der Waals surface area contributed by atoms with Crippen LogP contribution in [-0.4, -0.2) is 11.1 Å². The van der Waals surface area contributed by atoms with Crippen molar-refractivity contribution in [3.05, 3.63) is 42.9 Å². The first-order valence-corrected chi connectivity index (χ1v) is 4.29. The number of aromatic nitrogens is 1. The maximum atomic E-state index is 10.6. The van der Waals surface area contributed by atoms with Crippen molar-refractivity contribution < 1.29 is 9.53 Å². The molecule has 0 aliphatic heterocycles. The normalized spacial score (nSPS) is 10.2. The fourth-order valence-corrected chi connectivity index (χ4v) is 1.36. The second-order valence-electron chi connectivity index (χ2n) is 2.97. The van der Waals surface area contributed by atoms with Gasteiger partial charge in [-0.25, -0.2) is 4.79 Å². The van der Waals surface area contributed by atoms with E-state index in [0.29, 0.717) is 16.8 Å². The van der Waals surface area contributed by atoms with Crippen LogP contribution in [0, 0.1) is 6.92 Å². The van der Waals surface area contributed by atoms with Gasteiger partial charge in [0.05, 0.1) is 0 Å². The van der Waals surface area contributed by atoms with Gasteiger partial charge < -0.3 is 10.5 Å². The molecule has 1 heterocycles. The minimum atomic E-state index is -0.869. The van der Waals surface area contributed by atoms with Gasteiger partial charge in [0.1, 0.15) is 5.52 Å². The molecule has 4 nitrogen and oxygen atoms in total. The molecule has 0 aliphatic carbocycles. The summed E-state index contributed by atoms with van der Waals surface area (Å²) in [6, 6.07) is 6.76. The molecule has 4 heteroatoms. The van der Waals surface area contributed by atoms with E-state index in [1.807, 2.05) is 0 Å². The first-order valence-electron chi connectivity index (χ1n) is 4.29. The monoisotopic (exact) mass is 200 g/mol. The van der Waals surface area contributed by atoms with Crippen molar-refractivity contribution in [3.63, 3.8) is 0 Å². The topological polar surface area (TPSA) is 65.2 Å². The van der Waals surface area contributed by atoms with E-state index in [0.717, 1.165) is 5.39 Å². The number of ether oxygens (including phenoxy) is 1. The summed E-state index contributed by atoms with van der Waals surface area (Å²) < 4.78 is 4.80. The summed E-state index contributed by atoms with van der Waals surface area (Å²) >= 11 is 0. The molecule has 2 rings (SSSR count). The van der Waals surface area contributed by atoms with Crippen molar-refractivity contribution in [2.45, 2.75) is 0 Å². The Hall–Kier alpha value is -2.10. The second kappa shape index (κ2) is 3.57. The Morgan fingerprint density at radius 1 is 1.40 bits per heavy atom. The van der Waals surface area contributed by atoms with Crippen LogP contribution in [0.25, 0.3) is 10.9 Å². The molecule has 0 atom stereocenters. The largest absolute Gasteiger partial charge is 0.410 e. The molecule has 0 fully saturated rings. The molecule has 2 radical (unpaired) electrons. The Kier molecular flexibility index (Phi) is 2.25. The third kappa shape index (κ3) is 1.74. The second-order valence-corrected chi connectivity index (χ2v) is 2.97. The van der Waals surface area contributed by atoms with Crippen molar-refractivity contribution in [2.75, 3.05) is 0 Å². The Balaban J connectivity index is 2.66. The van der Waals surface area contributed by atoms with Crippen LogP contribution in [0.15, 0.2) is 30.5 Å². The Morgan fingerprint density at radius 2 is 2.20 bits per heavy atom. The lowest BCUT2D eigenvalue weighted by Gasteiger charge is -2.06. The quantitative estimate of drug-likeness (QED) is 0.762. The lowest BCUT2D eigenvalue weighted by atomic mass is 10.1. The van der Waals surface area contributed by atoms with E-state index in [1.54, 1.807) is 30.5 Å². The molecule has 74 valence electrons. The molecular weight excluding hydrogens is 192 g/mol. The molecule has 2 aromatic rings. The first-order chi connectivity index (χ1) is 7.18. The maximum Gasteiger partial charge on any atom is 0.410 e. The molecule has 0 saturated carbocycles. The number of rotatable bonds is 1. The predicted octanol–water partition coefficient (Wildman–Crippen LogP) is 1.75. The number of carbonyl (C=O) groups excluding carboxylic acids is 1. The fourth-order valence-electron chi connectivity index (χ4n) is 1.36. The van der Waals surface area contributed by atoms with Crippen molar-refractivity contribution in [2.24, 2.45) is 5.73 Å². The van der Waals surface area contributed by atoms with Gasteiger partial charge in [-0.2, -0.15) is 0 Å². The zero-order valence-corrected chi connectivity index (χ0v) is 7.81. The molecule has 1 aromatic heterocycles. The molecule has 1 aromatic carbocycles. The number of hydrogen-bond acceptors (Lipinski definition) is 3. The number of benzene rings is 1. The summed E-state index contributed by atoms with van der Waals surface area (Å²) in [6.45, 7) is 5.74. The van der Waals surface area contributed by atoms with E-state index in [4.69, 9.17) is 17.4 Å². The highest BCUT2D eigenvalue weighted by Crippen LogP contribution is 2.25. The molecule has 0 spiro atoms. The third-order valence-electron chi connectivity index (χ3n) is 1.98. The van der Waals surface area contributed by atoms with Crippen LogP contribution in [0.1, 0.15) is 5.56 Å². The molecule has 0 saturated heterocycles. The van der Waals surface area contributed by atoms with Crippen LogP contribution < -0.4 is 10.5 Å². The first kappa shape index (κ1) is 9.45. The van der Waals surface area contributed by atoms with Crippen molar-refractivity contribution in [3.8, 4) is 5.75 Å². The number of primary amides is 1. The molecule has 1 amide bonds. The maximum absolute atomic E-state index is 10.6. The number of amides is 1. The summed E-state index contributed by atoms with van der Waals surface area (Å²) in [4.78, 5) is 14.7. The Labute approximate surface area is 86.7 Å². The zero-order valence-electron chi connectivity index (χ0n) is 7.81. The average Bonchev–Trinajstić information content (AvgIpc) is 2.22. The summed E-state index contributed by atoms with van der Waals surface area (Å²) in [5.74, 6) is 0.312. The molecule has 0 bridgehead atoms. The van der Waals surface area contributed by atoms with Gasteiger partial charge in [-0.3, -0.25) is 4.98 Å². The molecule has 15 heavy (non-hydrogen) atoms. The van der Waals surface area contributed by atoms with Gasteiger partial charge in [0.2, 0.25) is 0 Å². The SMILES string of the molecule is [CH]c1ccc(OC(N)=O)c2ncccc12. The van der Waals surface area contributed by atoms with Crippen LogP contribution in [-0.2, 0) is 0 Å². The zero-order chi connectivity index (χ0) is 10.8. The van der Waals surface area contributed by atoms with Crippen molar-refractivity contribution >= 4 is 17.0 Å². The summed E-state index contributed by atoms with van der Waals surface area (Å²) in [6.07, 6.45) is 0.724. The van der Waals surface area contributed by atoms with Gasteiger partial charge in [-0.05, 0) is 24.6 Å². The van der Waals surface area contributed by atoms with E-state index in [-0.39, 0.29) is 0 Å². The summed E-state index contributed by atoms with van der Waals surface area (Å²) in [5.41, 5.74) is 6.04. The van der Waals surface area contributed by atoms with Crippen LogP contribution in [0.3, 0.4) is 0 Å². The summed E-state index contributed by atoms with van der Waals surface area (Å²) in [5, 5.41) is 0.733. The number of nitrogens with two attached hydrogens (primary N) is 1. The molecule has 2 N–H and O–H groups in total. The van der Waals surface area contributed by atoms with Gasteiger partial charge in [-0.15, -0.1) is 0 Å². The highest BCUT2D eigenvalue weighted by Gasteiger charge is 2.07. The minimum absolute atomic E-state index is 0.312. The van der Waals surface area contributed by atoms with E-state index in [9.17, 15) is 4.79 Å². The number of fused-ring (bicyclic) bond motifs is 1. The van der Waals surface area contributed by atoms with Crippen molar-refractivity contribution in [1.29, 1.82) is 0 Å². The molecule has 0 aliphatic rings. The minimum Gasteiger partial charge on any atom is -0.408 e. The average molecular weight is 200 g/mol. The lowest BCUT2D eigenvalue weighted by molar-refractivity contribution is 0.211. The number of nitrogens with zero attached hydrogens (tertiary/aromatic N) is 1. The van der Waals surface area contributed by atoms with Gasteiger partial charge in [0.15, 0.2) is 5.75 Å². The standard InChI is InChI=1S/C11H8N2O2/c1-7-4-5-9(15-11(12)14)10-8(7)3-2-6-13-10/h1-6H,(H2,12,14). The van der Waals surface area contributed by atoms with E-state index in [1.165, 1.54) is 0 Å². The predicted molar refractivity (Wildman–Crippen MR) is 55.4 cm³/mol. The van der Waals surface area contributed by atoms with Gasteiger partial charge in [0.25, 0.3) is 0 Å². The Morgan fingerprint density at radius 3 is 2.93 bits per heavy atom. The van der Waals surface area contributed by atoms with Crippen LogP contribution in [0.2, 0.25) is 0 Å². The van der Waals surface area contributed by atoms with Gasteiger partial charge in [0, 0.05) is 11.6 Å². The fraction of sp³-hybridized carbons (Fsp3) is 0. The number of hydrogen-bond donors (Lipinski definition) is 1.